The predicted octanol–water partition coefficient (Wildman–Crippen LogP) is 3.32. The molecule has 106 valence electrons. The second kappa shape index (κ2) is 6.78. The zero-order chi connectivity index (χ0) is 14.5. The molecule has 1 aromatic carbocycles. The summed E-state index contributed by atoms with van der Waals surface area (Å²) in [5.41, 5.74) is 1.11. The van der Waals surface area contributed by atoms with Gasteiger partial charge in [-0.3, -0.25) is 0 Å². The molecule has 0 heterocycles. The predicted molar refractivity (Wildman–Crippen MR) is 78.7 cm³/mol. The molecule has 19 heavy (non-hydrogen) atoms. The lowest BCUT2D eigenvalue weighted by atomic mass is 9.95. The fourth-order valence-corrected chi connectivity index (χ4v) is 1.92. The molecule has 0 spiro atoms. The Morgan fingerprint density at radius 3 is 2.74 bits per heavy atom. The summed E-state index contributed by atoms with van der Waals surface area (Å²) in [6.07, 6.45) is 1.26. The second-order valence-corrected chi connectivity index (χ2v) is 5.29. The molecule has 1 unspecified atom stereocenters. The topological polar surface area (TPSA) is 61.4 Å². The number of anilines is 1. The third-order valence-electron chi connectivity index (χ3n) is 3.38. The fourth-order valence-electron chi connectivity index (χ4n) is 1.74. The minimum absolute atomic E-state index is 0.0425. The van der Waals surface area contributed by atoms with Gasteiger partial charge in [0.1, 0.15) is 0 Å². The number of nitrogens with one attached hydrogen (secondary N) is 2. The molecule has 1 aromatic rings. The summed E-state index contributed by atoms with van der Waals surface area (Å²) in [6, 6.07) is 5.08. The van der Waals surface area contributed by atoms with Gasteiger partial charge in [-0.2, -0.15) is 0 Å². The maximum Gasteiger partial charge on any atom is 0.319 e. The smallest absolute Gasteiger partial charge is 0.319 e. The molecule has 0 saturated heterocycles. The normalized spacial score (nSPS) is 13.7. The third kappa shape index (κ3) is 4.40. The molecule has 0 aliphatic heterocycles. The number of halogens is 1. The highest BCUT2D eigenvalue weighted by molar-refractivity contribution is 6.31. The van der Waals surface area contributed by atoms with E-state index in [0.29, 0.717) is 17.1 Å². The maximum absolute atomic E-state index is 12.0. The molecule has 0 aliphatic rings. The molecule has 0 fully saturated rings. The summed E-state index contributed by atoms with van der Waals surface area (Å²) >= 11 is 6.00. The zero-order valence-electron chi connectivity index (χ0n) is 11.6. The van der Waals surface area contributed by atoms with Crippen LogP contribution in [0.5, 0.6) is 0 Å². The van der Waals surface area contributed by atoms with E-state index < -0.39 is 5.54 Å². The third-order valence-corrected chi connectivity index (χ3v) is 3.78. The van der Waals surface area contributed by atoms with E-state index in [9.17, 15) is 4.79 Å². The number of hydrogen-bond acceptors (Lipinski definition) is 2. The van der Waals surface area contributed by atoms with Crippen LogP contribution in [0.1, 0.15) is 32.3 Å². The Labute approximate surface area is 119 Å². The van der Waals surface area contributed by atoms with Gasteiger partial charge in [-0.15, -0.1) is 0 Å². The molecule has 0 aliphatic carbocycles. The summed E-state index contributed by atoms with van der Waals surface area (Å²) in [5.74, 6) is 0. The zero-order valence-corrected chi connectivity index (χ0v) is 12.3. The van der Waals surface area contributed by atoms with Gasteiger partial charge in [-0.05, 0) is 44.4 Å². The van der Waals surface area contributed by atoms with Gasteiger partial charge in [0.05, 0.1) is 0 Å². The molecule has 1 rings (SSSR count). The van der Waals surface area contributed by atoms with Gasteiger partial charge in [0, 0.05) is 22.9 Å². The van der Waals surface area contributed by atoms with Crippen molar-refractivity contribution < 1.29 is 9.90 Å². The number of aliphatic hydroxyl groups is 1. The van der Waals surface area contributed by atoms with Crippen LogP contribution in [-0.2, 0) is 0 Å². The number of urea groups is 1. The number of amides is 2. The fraction of sp³-hybridized carbons (Fsp3) is 0.500. The van der Waals surface area contributed by atoms with Crippen molar-refractivity contribution in [1.82, 2.24) is 5.32 Å². The number of hydrogen-bond donors (Lipinski definition) is 3. The molecule has 0 bridgehead atoms. The summed E-state index contributed by atoms with van der Waals surface area (Å²) in [5, 5.41) is 15.3. The molecular formula is C14H21ClN2O2. The van der Waals surface area contributed by atoms with Crippen molar-refractivity contribution in [3.05, 3.63) is 28.8 Å². The van der Waals surface area contributed by atoms with Crippen molar-refractivity contribution in [2.24, 2.45) is 0 Å². The molecule has 0 radical (unpaired) electrons. The van der Waals surface area contributed by atoms with Crippen LogP contribution in [0.4, 0.5) is 10.5 Å². The Hall–Kier alpha value is -1.26. The van der Waals surface area contributed by atoms with Crippen LogP contribution in [0.2, 0.25) is 5.02 Å². The lowest BCUT2D eigenvalue weighted by Crippen LogP contribution is -2.48. The molecular weight excluding hydrogens is 264 g/mol. The van der Waals surface area contributed by atoms with E-state index in [-0.39, 0.29) is 12.6 Å². The molecule has 2 amide bonds. The van der Waals surface area contributed by atoms with Crippen LogP contribution in [0.15, 0.2) is 18.2 Å². The van der Waals surface area contributed by atoms with Crippen LogP contribution in [0.25, 0.3) is 0 Å². The van der Waals surface area contributed by atoms with Crippen molar-refractivity contribution in [2.75, 3.05) is 11.9 Å². The van der Waals surface area contributed by atoms with Gasteiger partial charge < -0.3 is 15.7 Å². The molecule has 3 N–H and O–H groups in total. The first kappa shape index (κ1) is 15.8. The van der Waals surface area contributed by atoms with Crippen LogP contribution in [0.3, 0.4) is 0 Å². The Morgan fingerprint density at radius 1 is 1.47 bits per heavy atom. The highest BCUT2D eigenvalue weighted by Crippen LogP contribution is 2.23. The van der Waals surface area contributed by atoms with Gasteiger partial charge in [0.25, 0.3) is 0 Å². The molecule has 5 heteroatoms. The van der Waals surface area contributed by atoms with Gasteiger partial charge in [0.2, 0.25) is 0 Å². The van der Waals surface area contributed by atoms with E-state index in [2.05, 4.69) is 10.6 Å². The lowest BCUT2D eigenvalue weighted by molar-refractivity contribution is 0.208. The monoisotopic (exact) mass is 284 g/mol. The lowest BCUT2D eigenvalue weighted by Gasteiger charge is -2.29. The summed E-state index contributed by atoms with van der Waals surface area (Å²) in [7, 11) is 0. The number of benzene rings is 1. The molecule has 1 atom stereocenters. The van der Waals surface area contributed by atoms with Crippen molar-refractivity contribution in [3.8, 4) is 0 Å². The first-order valence-corrected chi connectivity index (χ1v) is 6.75. The van der Waals surface area contributed by atoms with E-state index in [4.69, 9.17) is 16.7 Å². The first-order chi connectivity index (χ1) is 8.91. The number of carbonyl (C=O) groups excluding carboxylic acids is 1. The van der Waals surface area contributed by atoms with E-state index in [0.717, 1.165) is 12.0 Å². The first-order valence-electron chi connectivity index (χ1n) is 6.37. The summed E-state index contributed by atoms with van der Waals surface area (Å²) in [6.45, 7) is 5.78. The van der Waals surface area contributed by atoms with Gasteiger partial charge in [0.15, 0.2) is 0 Å². The minimum atomic E-state index is -0.411. The van der Waals surface area contributed by atoms with E-state index in [1.54, 1.807) is 18.2 Å². The number of rotatable bonds is 5. The minimum Gasteiger partial charge on any atom is -0.396 e. The SMILES string of the molecule is CCC(C)(CCO)NC(=O)Nc1cccc(Cl)c1C. The van der Waals surface area contributed by atoms with E-state index in [1.165, 1.54) is 0 Å². The average Bonchev–Trinajstić information content (AvgIpc) is 2.35. The van der Waals surface area contributed by atoms with Crippen LogP contribution in [0, 0.1) is 6.92 Å². The van der Waals surface area contributed by atoms with E-state index >= 15 is 0 Å². The quantitative estimate of drug-likeness (QED) is 0.777. The Bertz CT molecular complexity index is 451. The Morgan fingerprint density at radius 2 is 2.16 bits per heavy atom. The van der Waals surface area contributed by atoms with Crippen molar-refractivity contribution in [2.45, 2.75) is 39.2 Å². The maximum atomic E-state index is 12.0. The van der Waals surface area contributed by atoms with Crippen LogP contribution >= 0.6 is 11.6 Å². The molecule has 0 saturated carbocycles. The second-order valence-electron chi connectivity index (χ2n) is 4.88. The van der Waals surface area contributed by atoms with Gasteiger partial charge in [-0.1, -0.05) is 24.6 Å². The largest absolute Gasteiger partial charge is 0.396 e. The number of aliphatic hydroxyl groups excluding tert-OH is 1. The highest BCUT2D eigenvalue weighted by Gasteiger charge is 2.23. The van der Waals surface area contributed by atoms with Crippen molar-refractivity contribution in [3.63, 3.8) is 0 Å². The summed E-state index contributed by atoms with van der Waals surface area (Å²) < 4.78 is 0. The Balaban J connectivity index is 2.72. The van der Waals surface area contributed by atoms with E-state index in [1.807, 2.05) is 20.8 Å². The van der Waals surface area contributed by atoms with Crippen molar-refractivity contribution in [1.29, 1.82) is 0 Å². The van der Waals surface area contributed by atoms with Gasteiger partial charge >= 0.3 is 6.03 Å². The Kier molecular flexibility index (Phi) is 5.63. The molecule has 4 nitrogen and oxygen atoms in total. The highest BCUT2D eigenvalue weighted by atomic mass is 35.5. The van der Waals surface area contributed by atoms with Gasteiger partial charge in [-0.25, -0.2) is 4.79 Å². The summed E-state index contributed by atoms with van der Waals surface area (Å²) in [4.78, 5) is 12.0. The number of carbonyl (C=O) groups is 1. The average molecular weight is 285 g/mol. The van der Waals surface area contributed by atoms with Crippen LogP contribution < -0.4 is 10.6 Å². The van der Waals surface area contributed by atoms with Crippen molar-refractivity contribution >= 4 is 23.3 Å². The molecule has 0 aromatic heterocycles. The standard InChI is InChI=1S/C14H21ClN2O2/c1-4-14(3,8-9-18)17-13(19)16-12-7-5-6-11(15)10(12)2/h5-7,18H,4,8-9H2,1-3H3,(H2,16,17,19). The van der Waals surface area contributed by atoms with Crippen LogP contribution in [-0.4, -0.2) is 23.3 Å².